The molecule has 2 saturated heterocycles. The normalized spacial score (nSPS) is 24.4. The Hall–Kier alpha value is -3.68. The lowest BCUT2D eigenvalue weighted by Crippen LogP contribution is -2.30. The van der Waals surface area contributed by atoms with Crippen molar-refractivity contribution in [3.63, 3.8) is 0 Å². The number of fused-ring (bicyclic) bond motifs is 1. The van der Waals surface area contributed by atoms with Gasteiger partial charge in [0.2, 0.25) is 17.7 Å². The summed E-state index contributed by atoms with van der Waals surface area (Å²) < 4.78 is 10.7. The third-order valence-electron chi connectivity index (χ3n) is 6.98. The van der Waals surface area contributed by atoms with Gasteiger partial charge in [0.25, 0.3) is 0 Å². The molecule has 0 N–H and O–H groups in total. The second-order valence-electron chi connectivity index (χ2n) is 9.03. The number of imide groups is 1. The van der Waals surface area contributed by atoms with Crippen molar-refractivity contribution in [2.75, 3.05) is 23.5 Å². The fourth-order valence-electron chi connectivity index (χ4n) is 5.17. The fourth-order valence-corrected chi connectivity index (χ4v) is 5.17. The van der Waals surface area contributed by atoms with Crippen LogP contribution in [-0.2, 0) is 19.2 Å². The average Bonchev–Trinajstić information content (AvgIpc) is 3.37. The maximum Gasteiger partial charge on any atom is 0.316 e. The van der Waals surface area contributed by atoms with E-state index in [0.717, 1.165) is 25.7 Å². The Balaban J connectivity index is 1.24. The molecule has 34 heavy (non-hydrogen) atoms. The van der Waals surface area contributed by atoms with Gasteiger partial charge in [0, 0.05) is 24.7 Å². The molecule has 3 fully saturated rings. The highest BCUT2D eigenvalue weighted by Gasteiger charge is 2.48. The number of benzene rings is 2. The van der Waals surface area contributed by atoms with Gasteiger partial charge in [0.15, 0.2) is 0 Å². The van der Waals surface area contributed by atoms with Gasteiger partial charge in [-0.25, -0.2) is 0 Å². The van der Waals surface area contributed by atoms with Crippen molar-refractivity contribution in [2.45, 2.75) is 32.1 Å². The van der Waals surface area contributed by atoms with Crippen molar-refractivity contribution in [2.24, 2.45) is 17.8 Å². The molecule has 8 nitrogen and oxygen atoms in total. The second kappa shape index (κ2) is 8.93. The van der Waals surface area contributed by atoms with E-state index in [0.29, 0.717) is 22.9 Å². The number of hydrogen-bond acceptors (Lipinski definition) is 6. The summed E-state index contributed by atoms with van der Waals surface area (Å²) in [6.07, 6.45) is 3.53. The Morgan fingerprint density at radius 1 is 0.882 bits per heavy atom. The maximum atomic E-state index is 12.8. The molecule has 8 heteroatoms. The van der Waals surface area contributed by atoms with Crippen molar-refractivity contribution in [1.29, 1.82) is 0 Å². The maximum absolute atomic E-state index is 12.8. The van der Waals surface area contributed by atoms with Crippen molar-refractivity contribution in [3.8, 4) is 11.5 Å². The molecule has 0 bridgehead atoms. The molecule has 0 aromatic heterocycles. The highest BCUT2D eigenvalue weighted by atomic mass is 16.5. The summed E-state index contributed by atoms with van der Waals surface area (Å²) >= 11 is 0. The van der Waals surface area contributed by atoms with Gasteiger partial charge in [0.05, 0.1) is 30.6 Å². The molecule has 2 heterocycles. The predicted octanol–water partition coefficient (Wildman–Crippen LogP) is 3.33. The van der Waals surface area contributed by atoms with Gasteiger partial charge < -0.3 is 14.4 Å². The standard InChI is InChI=1S/C26H26N2O6/c1-33-20-6-4-5-18(14-20)27-15-16(13-23(27)29)26(32)34-19-11-9-17(10-12-19)28-24(30)21-7-2-3-8-22(21)25(28)31/h4-6,9-12,14,16,21-22H,2-3,7-8,13,15H2,1H3/t16-,21+,22+/m1/s1. The van der Waals surface area contributed by atoms with E-state index >= 15 is 0 Å². The third kappa shape index (κ3) is 3.93. The quantitative estimate of drug-likeness (QED) is 0.384. The molecule has 0 spiro atoms. The molecule has 3 atom stereocenters. The van der Waals surface area contributed by atoms with Crippen LogP contribution in [0.15, 0.2) is 48.5 Å². The molecule has 3 amide bonds. The lowest BCUT2D eigenvalue weighted by Gasteiger charge is -2.19. The van der Waals surface area contributed by atoms with Crippen LogP contribution >= 0.6 is 0 Å². The molecular formula is C26H26N2O6. The predicted molar refractivity (Wildman–Crippen MR) is 123 cm³/mol. The molecule has 1 aliphatic carbocycles. The number of nitrogens with zero attached hydrogens (tertiary/aromatic N) is 2. The number of methoxy groups -OCH3 is 1. The Morgan fingerprint density at radius 3 is 2.21 bits per heavy atom. The number of amides is 3. The number of carbonyl (C=O) groups excluding carboxylic acids is 4. The monoisotopic (exact) mass is 462 g/mol. The first-order valence-electron chi connectivity index (χ1n) is 11.6. The zero-order valence-corrected chi connectivity index (χ0v) is 18.9. The van der Waals surface area contributed by atoms with E-state index in [4.69, 9.17) is 9.47 Å². The van der Waals surface area contributed by atoms with Crippen molar-refractivity contribution < 1.29 is 28.7 Å². The lowest BCUT2D eigenvalue weighted by atomic mass is 9.81. The minimum atomic E-state index is -0.594. The van der Waals surface area contributed by atoms with E-state index in [1.807, 2.05) is 0 Å². The third-order valence-corrected chi connectivity index (χ3v) is 6.98. The van der Waals surface area contributed by atoms with Crippen LogP contribution in [0.1, 0.15) is 32.1 Å². The van der Waals surface area contributed by atoms with Crippen LogP contribution in [0, 0.1) is 17.8 Å². The molecule has 0 unspecified atom stereocenters. The van der Waals surface area contributed by atoms with Gasteiger partial charge in [-0.05, 0) is 49.2 Å². The Kier molecular flexibility index (Phi) is 5.81. The lowest BCUT2D eigenvalue weighted by molar-refractivity contribution is -0.139. The molecule has 2 aromatic carbocycles. The fraction of sp³-hybridized carbons (Fsp3) is 0.385. The Morgan fingerprint density at radius 2 is 1.56 bits per heavy atom. The van der Waals surface area contributed by atoms with Gasteiger partial charge in [-0.3, -0.25) is 24.1 Å². The summed E-state index contributed by atoms with van der Waals surface area (Å²) in [4.78, 5) is 53.6. The summed E-state index contributed by atoms with van der Waals surface area (Å²) in [5, 5.41) is 0. The van der Waals surface area contributed by atoms with Gasteiger partial charge in [0.1, 0.15) is 11.5 Å². The number of rotatable bonds is 5. The van der Waals surface area contributed by atoms with E-state index in [9.17, 15) is 19.2 Å². The van der Waals surface area contributed by atoms with Crippen molar-refractivity contribution >= 4 is 35.1 Å². The first-order chi connectivity index (χ1) is 16.5. The Bertz CT molecular complexity index is 1120. The molecule has 176 valence electrons. The Labute approximate surface area is 197 Å². The minimum Gasteiger partial charge on any atom is -0.497 e. The summed E-state index contributed by atoms with van der Waals surface area (Å²) in [7, 11) is 1.55. The van der Waals surface area contributed by atoms with Gasteiger partial charge in [-0.1, -0.05) is 18.9 Å². The molecule has 1 saturated carbocycles. The number of esters is 1. The largest absolute Gasteiger partial charge is 0.497 e. The molecular weight excluding hydrogens is 436 g/mol. The molecule has 5 rings (SSSR count). The van der Waals surface area contributed by atoms with E-state index in [1.165, 1.54) is 4.90 Å². The summed E-state index contributed by atoms with van der Waals surface area (Å²) in [5.41, 5.74) is 1.16. The number of anilines is 2. The van der Waals surface area contributed by atoms with Crippen LogP contribution in [-0.4, -0.2) is 37.3 Å². The van der Waals surface area contributed by atoms with Crippen LogP contribution in [0.3, 0.4) is 0 Å². The first-order valence-corrected chi connectivity index (χ1v) is 11.6. The van der Waals surface area contributed by atoms with Gasteiger partial charge in [-0.2, -0.15) is 0 Å². The average molecular weight is 463 g/mol. The molecule has 2 aromatic rings. The number of ether oxygens (including phenoxy) is 2. The van der Waals surface area contributed by atoms with Crippen LogP contribution < -0.4 is 19.3 Å². The van der Waals surface area contributed by atoms with Crippen LogP contribution in [0.5, 0.6) is 11.5 Å². The summed E-state index contributed by atoms with van der Waals surface area (Å²) in [5.74, 6) is -1.02. The van der Waals surface area contributed by atoms with E-state index in [2.05, 4.69) is 0 Å². The number of carbonyl (C=O) groups is 4. The van der Waals surface area contributed by atoms with Crippen LogP contribution in [0.2, 0.25) is 0 Å². The highest BCUT2D eigenvalue weighted by molar-refractivity contribution is 6.22. The van der Waals surface area contributed by atoms with Gasteiger partial charge >= 0.3 is 5.97 Å². The topological polar surface area (TPSA) is 93.2 Å². The van der Waals surface area contributed by atoms with Crippen molar-refractivity contribution in [3.05, 3.63) is 48.5 Å². The van der Waals surface area contributed by atoms with Crippen molar-refractivity contribution in [1.82, 2.24) is 0 Å². The van der Waals surface area contributed by atoms with E-state index < -0.39 is 11.9 Å². The SMILES string of the molecule is COc1cccc(N2C[C@H](C(=O)Oc3ccc(N4C(=O)[C@H]5CCCC[C@@H]5C4=O)cc3)CC2=O)c1. The van der Waals surface area contributed by atoms with Gasteiger partial charge in [-0.15, -0.1) is 0 Å². The molecule has 0 radical (unpaired) electrons. The summed E-state index contributed by atoms with van der Waals surface area (Å²) in [6.45, 7) is 0.225. The highest BCUT2D eigenvalue weighted by Crippen LogP contribution is 2.40. The smallest absolute Gasteiger partial charge is 0.316 e. The number of hydrogen-bond donors (Lipinski definition) is 0. The second-order valence-corrected chi connectivity index (χ2v) is 9.03. The van der Waals surface area contributed by atoms with E-state index in [-0.39, 0.29) is 42.5 Å². The van der Waals surface area contributed by atoms with E-state index in [1.54, 1.807) is 60.5 Å². The summed E-state index contributed by atoms with van der Waals surface area (Å²) in [6, 6.07) is 13.5. The van der Waals surface area contributed by atoms with Crippen LogP contribution in [0.4, 0.5) is 11.4 Å². The molecule has 3 aliphatic rings. The minimum absolute atomic E-state index is 0.0632. The zero-order valence-electron chi connectivity index (χ0n) is 18.9. The zero-order chi connectivity index (χ0) is 23.8. The first kappa shape index (κ1) is 22.1. The van der Waals surface area contributed by atoms with Crippen LogP contribution in [0.25, 0.3) is 0 Å². The molecule has 2 aliphatic heterocycles.